The molecule has 1 aliphatic heterocycles. The van der Waals surface area contributed by atoms with Crippen molar-refractivity contribution in [3.8, 4) is 6.01 Å². The van der Waals surface area contributed by atoms with Crippen LogP contribution in [0.3, 0.4) is 0 Å². The third-order valence-electron chi connectivity index (χ3n) is 4.50. The second-order valence-corrected chi connectivity index (χ2v) is 7.80. The zero-order chi connectivity index (χ0) is 20.9. The highest BCUT2D eigenvalue weighted by molar-refractivity contribution is 5.79. The fraction of sp³-hybridized carbons (Fsp3) is 0.476. The fourth-order valence-electron chi connectivity index (χ4n) is 2.74. The smallest absolute Gasteiger partial charge is 0.319 e. The molecular weight excluding hydrogens is 370 g/mol. The van der Waals surface area contributed by atoms with Gasteiger partial charge in [-0.25, -0.2) is 0 Å². The molecule has 8 nitrogen and oxygen atoms in total. The normalized spacial score (nSPS) is 15.0. The first kappa shape index (κ1) is 21.0. The molecule has 0 radical (unpaired) electrons. The summed E-state index contributed by atoms with van der Waals surface area (Å²) < 4.78 is 11.0. The topological polar surface area (TPSA) is 92.1 Å². The monoisotopic (exact) mass is 399 g/mol. The highest BCUT2D eigenvalue weighted by Gasteiger charge is 2.18. The number of aliphatic hydroxyl groups is 1. The molecule has 2 N–H and O–H groups in total. The standard InChI is InChI=1S/C21H29N5O3/c1-15-5-6-17(11-16(15)2)25-22-13-18-12-19(26-7-9-28-10-8-26)24-20(23-18)29-14-21(3,4)27/h5-6,11-13,25,27H,7-10,14H2,1-4H3. The van der Waals surface area contributed by atoms with Crippen LogP contribution in [-0.2, 0) is 4.74 Å². The van der Waals surface area contributed by atoms with Gasteiger partial charge in [0.05, 0.1) is 36.4 Å². The van der Waals surface area contributed by atoms with E-state index < -0.39 is 5.60 Å². The number of hydrogen-bond acceptors (Lipinski definition) is 8. The summed E-state index contributed by atoms with van der Waals surface area (Å²) in [7, 11) is 0. The number of nitrogens with zero attached hydrogens (tertiary/aromatic N) is 4. The van der Waals surface area contributed by atoms with E-state index in [1.165, 1.54) is 11.1 Å². The fourth-order valence-corrected chi connectivity index (χ4v) is 2.74. The Balaban J connectivity index is 1.78. The number of rotatable bonds is 7. The van der Waals surface area contributed by atoms with Crippen molar-refractivity contribution < 1.29 is 14.6 Å². The molecule has 1 fully saturated rings. The van der Waals surface area contributed by atoms with Crippen molar-refractivity contribution in [2.24, 2.45) is 5.10 Å². The second kappa shape index (κ2) is 9.19. The third-order valence-corrected chi connectivity index (χ3v) is 4.50. The summed E-state index contributed by atoms with van der Waals surface area (Å²) in [5.41, 5.74) is 6.01. The highest BCUT2D eigenvalue weighted by Crippen LogP contribution is 2.18. The Hall–Kier alpha value is -2.71. The average molecular weight is 399 g/mol. The lowest BCUT2D eigenvalue weighted by Gasteiger charge is -2.28. The van der Waals surface area contributed by atoms with Gasteiger partial charge < -0.3 is 19.5 Å². The summed E-state index contributed by atoms with van der Waals surface area (Å²) in [6, 6.07) is 8.16. The second-order valence-electron chi connectivity index (χ2n) is 7.80. The van der Waals surface area contributed by atoms with Crippen molar-refractivity contribution in [2.75, 3.05) is 43.2 Å². The van der Waals surface area contributed by atoms with Crippen LogP contribution >= 0.6 is 0 Å². The maximum Gasteiger partial charge on any atom is 0.319 e. The summed E-state index contributed by atoms with van der Waals surface area (Å²) in [4.78, 5) is 11.0. The summed E-state index contributed by atoms with van der Waals surface area (Å²) in [6.07, 6.45) is 1.64. The van der Waals surface area contributed by atoms with E-state index in [2.05, 4.69) is 45.3 Å². The first-order valence-corrected chi connectivity index (χ1v) is 9.73. The van der Waals surface area contributed by atoms with Crippen LogP contribution in [0.4, 0.5) is 11.5 Å². The van der Waals surface area contributed by atoms with Crippen molar-refractivity contribution in [3.63, 3.8) is 0 Å². The van der Waals surface area contributed by atoms with E-state index in [4.69, 9.17) is 9.47 Å². The number of aryl methyl sites for hydroxylation is 2. The van der Waals surface area contributed by atoms with Crippen LogP contribution in [0.2, 0.25) is 0 Å². The molecule has 0 amide bonds. The lowest BCUT2D eigenvalue weighted by Crippen LogP contribution is -2.37. The molecule has 2 aromatic rings. The minimum absolute atomic E-state index is 0.0943. The van der Waals surface area contributed by atoms with Crippen molar-refractivity contribution in [1.82, 2.24) is 9.97 Å². The summed E-state index contributed by atoms with van der Waals surface area (Å²) in [6.45, 7) is 10.4. The molecule has 156 valence electrons. The van der Waals surface area contributed by atoms with Crippen molar-refractivity contribution >= 4 is 17.7 Å². The minimum atomic E-state index is -0.975. The van der Waals surface area contributed by atoms with E-state index in [0.717, 1.165) is 24.6 Å². The molecule has 0 bridgehead atoms. The van der Waals surface area contributed by atoms with E-state index in [1.54, 1.807) is 20.1 Å². The molecule has 29 heavy (non-hydrogen) atoms. The van der Waals surface area contributed by atoms with E-state index in [0.29, 0.717) is 18.9 Å². The van der Waals surface area contributed by atoms with Gasteiger partial charge in [-0.3, -0.25) is 5.43 Å². The van der Waals surface area contributed by atoms with Crippen molar-refractivity contribution in [1.29, 1.82) is 0 Å². The van der Waals surface area contributed by atoms with Crippen LogP contribution in [0, 0.1) is 13.8 Å². The molecule has 0 aliphatic carbocycles. The number of nitrogens with one attached hydrogen (secondary N) is 1. The minimum Gasteiger partial charge on any atom is -0.460 e. The van der Waals surface area contributed by atoms with E-state index in [-0.39, 0.29) is 12.6 Å². The SMILES string of the molecule is Cc1ccc(NN=Cc2cc(N3CCOCC3)nc(OCC(C)(C)O)n2)cc1C. The Labute approximate surface area is 171 Å². The van der Waals surface area contributed by atoms with Gasteiger partial charge in [-0.2, -0.15) is 15.1 Å². The van der Waals surface area contributed by atoms with Gasteiger partial charge in [0.25, 0.3) is 0 Å². The predicted octanol–water partition coefficient (Wildman–Crippen LogP) is 2.53. The average Bonchev–Trinajstić information content (AvgIpc) is 2.69. The molecule has 3 rings (SSSR count). The molecule has 1 saturated heterocycles. The third kappa shape index (κ3) is 6.40. The van der Waals surface area contributed by atoms with Gasteiger partial charge in [-0.05, 0) is 51.0 Å². The van der Waals surface area contributed by atoms with Gasteiger partial charge in [-0.15, -0.1) is 0 Å². The number of benzene rings is 1. The predicted molar refractivity (Wildman–Crippen MR) is 114 cm³/mol. The van der Waals surface area contributed by atoms with Gasteiger partial charge in [0.1, 0.15) is 12.4 Å². The van der Waals surface area contributed by atoms with Crippen LogP contribution in [0.1, 0.15) is 30.7 Å². The molecule has 2 heterocycles. The quantitative estimate of drug-likeness (QED) is 0.546. The Morgan fingerprint density at radius 2 is 1.97 bits per heavy atom. The molecule has 1 aliphatic rings. The van der Waals surface area contributed by atoms with Crippen molar-refractivity contribution in [3.05, 3.63) is 41.1 Å². The molecule has 1 aromatic carbocycles. The zero-order valence-electron chi connectivity index (χ0n) is 17.5. The maximum atomic E-state index is 9.93. The maximum absolute atomic E-state index is 9.93. The van der Waals surface area contributed by atoms with Crippen LogP contribution in [-0.4, -0.2) is 59.8 Å². The number of aromatic nitrogens is 2. The number of hydrogen-bond donors (Lipinski definition) is 2. The van der Waals surface area contributed by atoms with Crippen molar-refractivity contribution in [2.45, 2.75) is 33.3 Å². The molecular formula is C21H29N5O3. The lowest BCUT2D eigenvalue weighted by atomic mass is 10.1. The number of ether oxygens (including phenoxy) is 2. The van der Waals surface area contributed by atoms with Gasteiger partial charge in [0.2, 0.25) is 0 Å². The molecule has 0 unspecified atom stereocenters. The number of morpholine rings is 1. The molecule has 0 atom stereocenters. The number of anilines is 2. The summed E-state index contributed by atoms with van der Waals surface area (Å²) in [5.74, 6) is 0.752. The van der Waals surface area contributed by atoms with Crippen LogP contribution in [0.5, 0.6) is 6.01 Å². The van der Waals surface area contributed by atoms with Gasteiger partial charge in [-0.1, -0.05) is 6.07 Å². The summed E-state index contributed by atoms with van der Waals surface area (Å²) >= 11 is 0. The highest BCUT2D eigenvalue weighted by atomic mass is 16.5. The van der Waals surface area contributed by atoms with Crippen LogP contribution < -0.4 is 15.1 Å². The molecule has 8 heteroatoms. The van der Waals surface area contributed by atoms with Gasteiger partial charge in [0, 0.05) is 19.2 Å². The first-order chi connectivity index (χ1) is 13.8. The van der Waals surface area contributed by atoms with Gasteiger partial charge in [0.15, 0.2) is 0 Å². The van der Waals surface area contributed by atoms with E-state index in [1.807, 2.05) is 18.2 Å². The summed E-state index contributed by atoms with van der Waals surface area (Å²) in [5, 5.41) is 14.2. The molecule has 0 spiro atoms. The van der Waals surface area contributed by atoms with Crippen LogP contribution in [0.25, 0.3) is 0 Å². The largest absolute Gasteiger partial charge is 0.460 e. The molecule has 0 saturated carbocycles. The Morgan fingerprint density at radius 1 is 1.21 bits per heavy atom. The first-order valence-electron chi connectivity index (χ1n) is 9.73. The van der Waals surface area contributed by atoms with Gasteiger partial charge >= 0.3 is 6.01 Å². The number of hydrazone groups is 1. The Morgan fingerprint density at radius 3 is 2.66 bits per heavy atom. The van der Waals surface area contributed by atoms with Crippen LogP contribution in [0.15, 0.2) is 29.4 Å². The lowest BCUT2D eigenvalue weighted by molar-refractivity contribution is 0.0250. The molecule has 1 aromatic heterocycles. The zero-order valence-corrected chi connectivity index (χ0v) is 17.5. The Kier molecular flexibility index (Phi) is 6.66. The van der Waals surface area contributed by atoms with E-state index in [9.17, 15) is 5.11 Å². The van der Waals surface area contributed by atoms with E-state index >= 15 is 0 Å². The Bertz CT molecular complexity index is 858.